The fourth-order valence-electron chi connectivity index (χ4n) is 4.15. The van der Waals surface area contributed by atoms with E-state index in [1.807, 2.05) is 0 Å². The fourth-order valence-corrected chi connectivity index (χ4v) is 4.94. The van der Waals surface area contributed by atoms with Crippen LogP contribution in [0.4, 0.5) is 0 Å². The number of nitrogens with zero attached hydrogens (tertiary/aromatic N) is 1. The number of pyridine rings is 1. The smallest absolute Gasteiger partial charge is 0.124 e. The number of thiophene rings is 1. The highest BCUT2D eigenvalue weighted by molar-refractivity contribution is 7.16. The van der Waals surface area contributed by atoms with Crippen molar-refractivity contribution in [1.29, 1.82) is 0 Å². The van der Waals surface area contributed by atoms with E-state index in [0.29, 0.717) is 0 Å². The molecule has 0 amide bonds. The van der Waals surface area contributed by atoms with Crippen LogP contribution in [0.5, 0.6) is 0 Å². The van der Waals surface area contributed by atoms with Crippen molar-refractivity contribution in [3.05, 3.63) is 89.3 Å². The first kappa shape index (κ1) is 19.0. The number of aryl methyl sites for hydroxylation is 1. The SMILES string of the molecule is Cc1ccc(-c2cc(-c3cc(C(C)(C)C)c4ccccc4c3)nc3sccc23)cc1. The second-order valence-corrected chi connectivity index (χ2v) is 9.95. The summed E-state index contributed by atoms with van der Waals surface area (Å²) in [6.07, 6.45) is 0. The van der Waals surface area contributed by atoms with Crippen molar-refractivity contribution in [3.8, 4) is 22.4 Å². The van der Waals surface area contributed by atoms with Crippen LogP contribution in [-0.2, 0) is 5.41 Å². The summed E-state index contributed by atoms with van der Waals surface area (Å²) in [5.41, 5.74) is 7.41. The number of rotatable bonds is 2. The normalized spacial score (nSPS) is 12.0. The first-order valence-corrected chi connectivity index (χ1v) is 11.3. The number of fused-ring (bicyclic) bond motifs is 2. The molecule has 2 heteroatoms. The van der Waals surface area contributed by atoms with Crippen LogP contribution in [0.1, 0.15) is 31.9 Å². The van der Waals surface area contributed by atoms with Gasteiger partial charge in [0.05, 0.1) is 5.69 Å². The van der Waals surface area contributed by atoms with Gasteiger partial charge < -0.3 is 0 Å². The lowest BCUT2D eigenvalue weighted by atomic mass is 9.82. The van der Waals surface area contributed by atoms with Gasteiger partial charge in [-0.15, -0.1) is 11.3 Å². The Bertz CT molecular complexity index is 1370. The van der Waals surface area contributed by atoms with Crippen LogP contribution in [0.2, 0.25) is 0 Å². The van der Waals surface area contributed by atoms with Crippen molar-refractivity contribution in [3.63, 3.8) is 0 Å². The van der Waals surface area contributed by atoms with Gasteiger partial charge in [-0.05, 0) is 69.4 Å². The van der Waals surface area contributed by atoms with Crippen molar-refractivity contribution < 1.29 is 0 Å². The predicted molar refractivity (Wildman–Crippen MR) is 131 cm³/mol. The van der Waals surface area contributed by atoms with Crippen molar-refractivity contribution in [2.24, 2.45) is 0 Å². The Hall–Kier alpha value is -2.97. The monoisotopic (exact) mass is 407 g/mol. The maximum absolute atomic E-state index is 5.06. The zero-order valence-corrected chi connectivity index (χ0v) is 18.7. The maximum Gasteiger partial charge on any atom is 0.124 e. The van der Waals surface area contributed by atoms with E-state index in [0.717, 1.165) is 10.5 Å². The molecule has 0 atom stereocenters. The van der Waals surface area contributed by atoms with Crippen LogP contribution < -0.4 is 0 Å². The highest BCUT2D eigenvalue weighted by atomic mass is 32.1. The first-order valence-electron chi connectivity index (χ1n) is 10.4. The van der Waals surface area contributed by atoms with Crippen molar-refractivity contribution >= 4 is 32.3 Å². The minimum atomic E-state index is 0.0580. The second kappa shape index (κ2) is 7.07. The number of hydrogen-bond acceptors (Lipinski definition) is 2. The molecule has 148 valence electrons. The molecule has 0 radical (unpaired) electrons. The number of benzene rings is 3. The molecule has 0 saturated carbocycles. The molecule has 0 aliphatic rings. The molecule has 2 aromatic heterocycles. The second-order valence-electron chi connectivity index (χ2n) is 9.06. The summed E-state index contributed by atoms with van der Waals surface area (Å²) in [5, 5.41) is 5.96. The minimum absolute atomic E-state index is 0.0580. The summed E-state index contributed by atoms with van der Waals surface area (Å²) in [5.74, 6) is 0. The van der Waals surface area contributed by atoms with Gasteiger partial charge in [-0.3, -0.25) is 0 Å². The van der Waals surface area contributed by atoms with Crippen LogP contribution in [0.15, 0.2) is 78.2 Å². The van der Waals surface area contributed by atoms with E-state index < -0.39 is 0 Å². The van der Waals surface area contributed by atoms with Gasteiger partial charge in [-0.1, -0.05) is 74.9 Å². The molecule has 0 bridgehead atoms. The Labute approximate surface area is 182 Å². The van der Waals surface area contributed by atoms with Gasteiger partial charge >= 0.3 is 0 Å². The van der Waals surface area contributed by atoms with Gasteiger partial charge in [0.15, 0.2) is 0 Å². The third-order valence-corrected chi connectivity index (χ3v) is 6.57. The summed E-state index contributed by atoms with van der Waals surface area (Å²) in [4.78, 5) is 6.15. The first-order chi connectivity index (χ1) is 14.4. The van der Waals surface area contributed by atoms with Crippen molar-refractivity contribution in [2.75, 3.05) is 0 Å². The summed E-state index contributed by atoms with van der Waals surface area (Å²) < 4.78 is 0. The molecule has 30 heavy (non-hydrogen) atoms. The van der Waals surface area contributed by atoms with E-state index in [-0.39, 0.29) is 5.41 Å². The van der Waals surface area contributed by atoms with Crippen LogP contribution in [0.3, 0.4) is 0 Å². The van der Waals surface area contributed by atoms with Gasteiger partial charge in [0.25, 0.3) is 0 Å². The summed E-state index contributed by atoms with van der Waals surface area (Å²) in [6, 6.07) is 26.5. The molecular weight excluding hydrogens is 382 g/mol. The summed E-state index contributed by atoms with van der Waals surface area (Å²) in [7, 11) is 0. The Morgan fingerprint density at radius 1 is 0.767 bits per heavy atom. The lowest BCUT2D eigenvalue weighted by molar-refractivity contribution is 0.596. The fraction of sp³-hybridized carbons (Fsp3) is 0.179. The van der Waals surface area contributed by atoms with Crippen molar-refractivity contribution in [2.45, 2.75) is 33.1 Å². The maximum atomic E-state index is 5.06. The van der Waals surface area contributed by atoms with Gasteiger partial charge in [0.2, 0.25) is 0 Å². The summed E-state index contributed by atoms with van der Waals surface area (Å²) in [6.45, 7) is 8.98. The highest BCUT2D eigenvalue weighted by Crippen LogP contribution is 2.38. The standard InChI is InChI=1S/C28H25NS/c1-18-9-11-19(12-10-18)24-17-26(29-27-23(24)13-14-30-27)21-15-20-7-5-6-8-22(20)25(16-21)28(2,3)4/h5-17H,1-4H3. The lowest BCUT2D eigenvalue weighted by Crippen LogP contribution is -2.12. The van der Waals surface area contributed by atoms with Crippen LogP contribution in [0, 0.1) is 6.92 Å². The van der Waals surface area contributed by atoms with E-state index in [9.17, 15) is 0 Å². The molecule has 0 saturated heterocycles. The molecule has 0 spiro atoms. The zero-order valence-electron chi connectivity index (χ0n) is 17.9. The van der Waals surface area contributed by atoms with E-state index in [2.05, 4.69) is 106 Å². The Morgan fingerprint density at radius 2 is 1.53 bits per heavy atom. The topological polar surface area (TPSA) is 12.9 Å². The minimum Gasteiger partial charge on any atom is -0.237 e. The van der Waals surface area contributed by atoms with Gasteiger partial charge in [0, 0.05) is 10.9 Å². The molecule has 3 aromatic carbocycles. The molecule has 0 aliphatic heterocycles. The average molecular weight is 408 g/mol. The molecule has 0 aliphatic carbocycles. The van der Waals surface area contributed by atoms with Crippen LogP contribution in [0.25, 0.3) is 43.4 Å². The highest BCUT2D eigenvalue weighted by Gasteiger charge is 2.19. The largest absolute Gasteiger partial charge is 0.237 e. The van der Waals surface area contributed by atoms with Crippen molar-refractivity contribution in [1.82, 2.24) is 4.98 Å². The summed E-state index contributed by atoms with van der Waals surface area (Å²) >= 11 is 1.71. The third-order valence-electron chi connectivity index (χ3n) is 5.77. The number of hydrogen-bond donors (Lipinski definition) is 0. The Balaban J connectivity index is 1.78. The van der Waals surface area contributed by atoms with Gasteiger partial charge in [-0.2, -0.15) is 0 Å². The van der Waals surface area contributed by atoms with Gasteiger partial charge in [-0.25, -0.2) is 4.98 Å². The van der Waals surface area contributed by atoms with Gasteiger partial charge in [0.1, 0.15) is 4.83 Å². The molecule has 0 N–H and O–H groups in total. The number of aromatic nitrogens is 1. The lowest BCUT2D eigenvalue weighted by Gasteiger charge is -2.23. The van der Waals surface area contributed by atoms with E-state index in [4.69, 9.17) is 4.98 Å². The Kier molecular flexibility index (Phi) is 4.48. The molecule has 5 aromatic rings. The molecular formula is C28H25NS. The molecule has 0 unspecified atom stereocenters. The average Bonchev–Trinajstić information content (AvgIpc) is 3.21. The van der Waals surface area contributed by atoms with E-state index in [1.165, 1.54) is 44.0 Å². The van der Waals surface area contributed by atoms with E-state index in [1.54, 1.807) is 11.3 Å². The van der Waals surface area contributed by atoms with Crippen LogP contribution in [-0.4, -0.2) is 4.98 Å². The quantitative estimate of drug-likeness (QED) is 0.286. The van der Waals surface area contributed by atoms with E-state index >= 15 is 0 Å². The molecule has 1 nitrogen and oxygen atoms in total. The Morgan fingerprint density at radius 3 is 2.30 bits per heavy atom. The molecule has 2 heterocycles. The molecule has 0 fully saturated rings. The van der Waals surface area contributed by atoms with Crippen LogP contribution >= 0.6 is 11.3 Å². The predicted octanol–water partition coefficient (Wildman–Crippen LogP) is 8.39. The third kappa shape index (κ3) is 3.32. The zero-order chi connectivity index (χ0) is 20.9. The molecule has 5 rings (SSSR count).